The van der Waals surface area contributed by atoms with Crippen molar-refractivity contribution in [3.63, 3.8) is 0 Å². The Labute approximate surface area is 150 Å². The van der Waals surface area contributed by atoms with Gasteiger partial charge in [0.1, 0.15) is 5.75 Å². The van der Waals surface area contributed by atoms with Crippen LogP contribution < -0.4 is 10.5 Å². The molecule has 1 amide bonds. The van der Waals surface area contributed by atoms with E-state index in [1.807, 2.05) is 0 Å². The second kappa shape index (κ2) is 5.80. The number of rotatable bonds is 3. The lowest BCUT2D eigenvalue weighted by Crippen LogP contribution is -2.31. The molecule has 6 nitrogen and oxygen atoms in total. The number of hydrogen-bond donors (Lipinski definition) is 1. The van der Waals surface area contributed by atoms with Gasteiger partial charge in [0.25, 0.3) is 5.91 Å². The number of piperidine rings is 1. The summed E-state index contributed by atoms with van der Waals surface area (Å²) in [6, 6.07) is 5.19. The number of anilines is 1. The number of carbonyl (C=O) groups is 1. The molecule has 1 aliphatic carbocycles. The zero-order valence-corrected chi connectivity index (χ0v) is 13.9. The van der Waals surface area contributed by atoms with Crippen molar-refractivity contribution in [2.75, 3.05) is 18.8 Å². The molecule has 138 valence electrons. The summed E-state index contributed by atoms with van der Waals surface area (Å²) in [6.45, 7) is 1.08. The molecule has 26 heavy (non-hydrogen) atoms. The third-order valence-electron chi connectivity index (χ3n) is 4.77. The maximum absolute atomic E-state index is 12.6. The third kappa shape index (κ3) is 3.07. The quantitative estimate of drug-likeness (QED) is 0.874. The molecule has 1 unspecified atom stereocenters. The van der Waals surface area contributed by atoms with Gasteiger partial charge in [-0.2, -0.15) is 0 Å². The number of nitrogens with two attached hydrogens (primary N) is 1. The second-order valence-corrected chi connectivity index (χ2v) is 6.82. The van der Waals surface area contributed by atoms with Crippen LogP contribution in [-0.4, -0.2) is 35.4 Å². The summed E-state index contributed by atoms with van der Waals surface area (Å²) in [5.74, 6) is 0.234. The Kier molecular flexibility index (Phi) is 3.80. The van der Waals surface area contributed by atoms with E-state index in [1.165, 1.54) is 12.1 Å². The number of alkyl halides is 3. The van der Waals surface area contributed by atoms with Crippen molar-refractivity contribution in [1.82, 2.24) is 10.1 Å². The van der Waals surface area contributed by atoms with Gasteiger partial charge in [0, 0.05) is 30.6 Å². The maximum Gasteiger partial charge on any atom is 0.573 e. The molecule has 2 N–H and O–H groups in total. The number of carbonyl (C=O) groups excluding carboxylic acids is 1. The van der Waals surface area contributed by atoms with Crippen LogP contribution in [0.4, 0.5) is 19.1 Å². The lowest BCUT2D eigenvalue weighted by Gasteiger charge is -2.20. The Hall–Kier alpha value is -2.42. The van der Waals surface area contributed by atoms with E-state index in [2.05, 4.69) is 9.89 Å². The van der Waals surface area contributed by atoms with Crippen molar-refractivity contribution in [3.05, 3.63) is 40.5 Å². The topological polar surface area (TPSA) is 81.6 Å². The van der Waals surface area contributed by atoms with Crippen LogP contribution in [-0.2, 0) is 0 Å². The lowest BCUT2D eigenvalue weighted by atomic mass is 10.1. The summed E-state index contributed by atoms with van der Waals surface area (Å²) >= 11 is 5.80. The van der Waals surface area contributed by atoms with Crippen molar-refractivity contribution in [3.8, 4) is 5.75 Å². The first-order valence-electron chi connectivity index (χ1n) is 7.79. The SMILES string of the molecule is Nc1cc(C2[C@H]3CN(C(=O)c4ccc(OC(F)(F)F)c(Cl)c4)C[C@@H]23)no1. The minimum absolute atomic E-state index is 0.216. The van der Waals surface area contributed by atoms with Crippen molar-refractivity contribution in [2.45, 2.75) is 12.3 Å². The summed E-state index contributed by atoms with van der Waals surface area (Å²) < 4.78 is 45.5. The van der Waals surface area contributed by atoms with E-state index in [9.17, 15) is 18.0 Å². The minimum atomic E-state index is -4.84. The highest BCUT2D eigenvalue weighted by Crippen LogP contribution is 2.58. The molecular formula is C16H13ClF3N3O3. The Morgan fingerprint density at radius 1 is 1.31 bits per heavy atom. The molecule has 1 aliphatic heterocycles. The van der Waals surface area contributed by atoms with Gasteiger partial charge in [-0.15, -0.1) is 13.2 Å². The first-order chi connectivity index (χ1) is 12.2. The highest BCUT2D eigenvalue weighted by molar-refractivity contribution is 6.32. The zero-order chi connectivity index (χ0) is 18.6. The molecule has 2 aliphatic rings. The maximum atomic E-state index is 12.6. The molecule has 2 fully saturated rings. The molecule has 1 saturated carbocycles. The highest BCUT2D eigenvalue weighted by atomic mass is 35.5. The number of aromatic nitrogens is 1. The Morgan fingerprint density at radius 2 is 2.00 bits per heavy atom. The molecule has 2 aromatic rings. The van der Waals surface area contributed by atoms with Crippen molar-refractivity contribution in [2.24, 2.45) is 11.8 Å². The smallest absolute Gasteiger partial charge is 0.404 e. The van der Waals surface area contributed by atoms with E-state index in [0.29, 0.717) is 13.1 Å². The van der Waals surface area contributed by atoms with Crippen molar-refractivity contribution >= 4 is 23.4 Å². The van der Waals surface area contributed by atoms with Gasteiger partial charge in [-0.3, -0.25) is 4.79 Å². The van der Waals surface area contributed by atoms with Gasteiger partial charge in [0.2, 0.25) is 5.88 Å². The fraction of sp³-hybridized carbons (Fsp3) is 0.375. The minimum Gasteiger partial charge on any atom is -0.404 e. The Morgan fingerprint density at radius 3 is 2.54 bits per heavy atom. The molecule has 0 spiro atoms. The molecular weight excluding hydrogens is 375 g/mol. The fourth-order valence-electron chi connectivity index (χ4n) is 3.62. The number of likely N-dealkylation sites (tertiary alicyclic amines) is 1. The van der Waals surface area contributed by atoms with Crippen LogP contribution in [0.1, 0.15) is 22.0 Å². The molecule has 1 saturated heterocycles. The standard InChI is InChI=1S/C16H13ClF3N3O3/c17-10-3-7(1-2-12(10)25-16(18,19)20)15(24)23-5-8-9(6-23)14(8)11-4-13(21)26-22-11/h1-4,8-9,14H,5-6,21H2/t8-,9+,14?. The van der Waals surface area contributed by atoms with Crippen LogP contribution >= 0.6 is 11.6 Å². The number of amides is 1. The fourth-order valence-corrected chi connectivity index (χ4v) is 3.83. The lowest BCUT2D eigenvalue weighted by molar-refractivity contribution is -0.274. The van der Waals surface area contributed by atoms with E-state index >= 15 is 0 Å². The van der Waals surface area contributed by atoms with E-state index in [0.717, 1.165) is 11.8 Å². The summed E-state index contributed by atoms with van der Waals surface area (Å²) in [5, 5.41) is 3.64. The molecule has 3 atom stereocenters. The van der Waals surface area contributed by atoms with E-state index < -0.39 is 12.1 Å². The molecule has 10 heteroatoms. The van der Waals surface area contributed by atoms with Gasteiger partial charge in [0.15, 0.2) is 0 Å². The van der Waals surface area contributed by atoms with Crippen LogP contribution in [0.2, 0.25) is 5.02 Å². The molecule has 1 aromatic carbocycles. The number of fused-ring (bicyclic) bond motifs is 1. The summed E-state index contributed by atoms with van der Waals surface area (Å²) in [6.07, 6.45) is -4.84. The molecule has 1 aromatic heterocycles. The van der Waals surface area contributed by atoms with Gasteiger partial charge in [-0.1, -0.05) is 16.8 Å². The number of ether oxygens (including phenoxy) is 1. The normalized spacial score (nSPS) is 24.5. The van der Waals surface area contributed by atoms with Gasteiger partial charge in [0.05, 0.1) is 10.7 Å². The number of nitrogens with zero attached hydrogens (tertiary/aromatic N) is 2. The number of nitrogen functional groups attached to an aromatic ring is 1. The highest BCUT2D eigenvalue weighted by Gasteiger charge is 2.58. The predicted octanol–water partition coefficient (Wildman–Crippen LogP) is 3.29. The number of hydrogen-bond acceptors (Lipinski definition) is 5. The zero-order valence-electron chi connectivity index (χ0n) is 13.2. The number of benzene rings is 1. The first-order valence-corrected chi connectivity index (χ1v) is 8.17. The predicted molar refractivity (Wildman–Crippen MR) is 84.7 cm³/mol. The van der Waals surface area contributed by atoms with Crippen LogP contribution in [0.15, 0.2) is 28.8 Å². The first kappa shape index (κ1) is 17.0. The Bertz CT molecular complexity index is 858. The van der Waals surface area contributed by atoms with Gasteiger partial charge in [-0.25, -0.2) is 0 Å². The molecule has 4 rings (SSSR count). The van der Waals surface area contributed by atoms with Crippen LogP contribution in [0.3, 0.4) is 0 Å². The average molecular weight is 388 g/mol. The van der Waals surface area contributed by atoms with Crippen molar-refractivity contribution < 1.29 is 27.2 Å². The van der Waals surface area contributed by atoms with Gasteiger partial charge < -0.3 is 19.9 Å². The van der Waals surface area contributed by atoms with Gasteiger partial charge in [-0.05, 0) is 30.0 Å². The van der Waals surface area contributed by atoms with Crippen LogP contribution in [0.5, 0.6) is 5.75 Å². The van der Waals surface area contributed by atoms with E-state index in [4.69, 9.17) is 21.9 Å². The summed E-state index contributed by atoms with van der Waals surface area (Å²) in [4.78, 5) is 14.2. The van der Waals surface area contributed by atoms with Crippen molar-refractivity contribution in [1.29, 1.82) is 0 Å². The average Bonchev–Trinajstić information content (AvgIpc) is 2.90. The third-order valence-corrected chi connectivity index (χ3v) is 5.07. The van der Waals surface area contributed by atoms with Gasteiger partial charge >= 0.3 is 6.36 Å². The molecule has 0 radical (unpaired) electrons. The van der Waals surface area contributed by atoms with E-state index in [1.54, 1.807) is 11.0 Å². The molecule has 2 heterocycles. The summed E-state index contributed by atoms with van der Waals surface area (Å²) in [7, 11) is 0. The number of halogens is 4. The second-order valence-electron chi connectivity index (χ2n) is 6.41. The summed E-state index contributed by atoms with van der Waals surface area (Å²) in [5.41, 5.74) is 6.53. The monoisotopic (exact) mass is 387 g/mol. The largest absolute Gasteiger partial charge is 0.573 e. The van der Waals surface area contributed by atoms with Crippen LogP contribution in [0, 0.1) is 11.8 Å². The Balaban J connectivity index is 1.41. The molecule has 0 bridgehead atoms. The van der Waals surface area contributed by atoms with E-state index in [-0.39, 0.29) is 40.1 Å². The van der Waals surface area contributed by atoms with Crippen LogP contribution in [0.25, 0.3) is 0 Å².